The van der Waals surface area contributed by atoms with Crippen LogP contribution < -0.4 is 20.7 Å². The summed E-state index contributed by atoms with van der Waals surface area (Å²) in [7, 11) is 0. The van der Waals surface area contributed by atoms with Gasteiger partial charge in [0.1, 0.15) is 5.82 Å². The van der Waals surface area contributed by atoms with E-state index >= 15 is 0 Å². The van der Waals surface area contributed by atoms with Gasteiger partial charge in [-0.25, -0.2) is 9.97 Å². The van der Waals surface area contributed by atoms with Crippen LogP contribution >= 0.6 is 0 Å². The molecule has 0 aromatic carbocycles. The molecule has 1 aliphatic carbocycles. The van der Waals surface area contributed by atoms with Gasteiger partial charge in [0.05, 0.1) is 13.2 Å². The number of ether oxygens (including phenoxy) is 1. The maximum Gasteiger partial charge on any atom is 0.293 e. The molecule has 3 fully saturated rings. The predicted molar refractivity (Wildman–Crippen MR) is 111 cm³/mol. The summed E-state index contributed by atoms with van der Waals surface area (Å²) in [5.74, 6) is 2.20. The predicted octanol–water partition coefficient (Wildman–Crippen LogP) is 1.29. The Morgan fingerprint density at radius 3 is 2.52 bits per heavy atom. The highest BCUT2D eigenvalue weighted by Gasteiger charge is 2.28. The van der Waals surface area contributed by atoms with E-state index in [1.54, 1.807) is 6.20 Å². The fourth-order valence-corrected chi connectivity index (χ4v) is 4.06. The van der Waals surface area contributed by atoms with Gasteiger partial charge in [-0.2, -0.15) is 4.98 Å². The molecule has 9 heteroatoms. The third-order valence-electron chi connectivity index (χ3n) is 5.87. The summed E-state index contributed by atoms with van der Waals surface area (Å²) >= 11 is 0. The highest BCUT2D eigenvalue weighted by atomic mass is 16.5. The maximum atomic E-state index is 12.7. The highest BCUT2D eigenvalue weighted by Crippen LogP contribution is 2.33. The lowest BCUT2D eigenvalue weighted by atomic mass is 10.1. The SMILES string of the molecule is O=c1c(N2CCC(Nc3ccnc(N4CCOCC4)n3)CC2)nccn1C1CC1. The zero-order valence-electron chi connectivity index (χ0n) is 16.5. The molecule has 0 amide bonds. The molecule has 1 saturated carbocycles. The molecule has 0 unspecified atom stereocenters. The standard InChI is InChI=1S/C20H27N7O2/c28-19-18(21-7-10-27(19)16-1-2-16)25-8-4-15(5-9-25)23-17-3-6-22-20(24-17)26-11-13-29-14-12-26/h3,6-7,10,15-16H,1-2,4-5,8-9,11-14H2,(H,22,23,24). The second-order valence-electron chi connectivity index (χ2n) is 7.94. The van der Waals surface area contributed by atoms with Crippen LogP contribution in [0.15, 0.2) is 29.5 Å². The van der Waals surface area contributed by atoms with Crippen molar-refractivity contribution in [2.45, 2.75) is 37.8 Å². The largest absolute Gasteiger partial charge is 0.378 e. The summed E-state index contributed by atoms with van der Waals surface area (Å²) in [4.78, 5) is 30.5. The first-order valence-corrected chi connectivity index (χ1v) is 10.5. The van der Waals surface area contributed by atoms with Gasteiger partial charge >= 0.3 is 0 Å². The lowest BCUT2D eigenvalue weighted by Crippen LogP contribution is -2.42. The van der Waals surface area contributed by atoms with Gasteiger partial charge in [-0.1, -0.05) is 0 Å². The molecule has 3 aliphatic rings. The van der Waals surface area contributed by atoms with Crippen molar-refractivity contribution in [2.24, 2.45) is 0 Å². The zero-order valence-corrected chi connectivity index (χ0v) is 16.5. The van der Waals surface area contributed by atoms with E-state index in [2.05, 4.69) is 30.1 Å². The number of hydrogen-bond acceptors (Lipinski definition) is 8. The molecule has 29 heavy (non-hydrogen) atoms. The quantitative estimate of drug-likeness (QED) is 0.807. The monoisotopic (exact) mass is 397 g/mol. The molecule has 4 heterocycles. The molecule has 0 atom stereocenters. The van der Waals surface area contributed by atoms with Gasteiger partial charge in [0.2, 0.25) is 5.95 Å². The second-order valence-corrected chi connectivity index (χ2v) is 7.94. The first-order valence-electron chi connectivity index (χ1n) is 10.5. The molecular weight excluding hydrogens is 370 g/mol. The Morgan fingerprint density at radius 1 is 0.966 bits per heavy atom. The van der Waals surface area contributed by atoms with Gasteiger partial charge in [0.15, 0.2) is 5.82 Å². The Labute approximate surface area is 169 Å². The van der Waals surface area contributed by atoms with Gasteiger partial charge < -0.3 is 24.4 Å². The molecule has 5 rings (SSSR count). The molecule has 0 bridgehead atoms. The minimum absolute atomic E-state index is 0.0485. The van der Waals surface area contributed by atoms with Gasteiger partial charge in [0.25, 0.3) is 5.56 Å². The lowest BCUT2D eigenvalue weighted by Gasteiger charge is -2.33. The van der Waals surface area contributed by atoms with Crippen LogP contribution in [0.1, 0.15) is 31.7 Å². The molecule has 2 aromatic rings. The Bertz CT molecular complexity index is 900. The minimum atomic E-state index is 0.0485. The zero-order chi connectivity index (χ0) is 19.6. The molecular formula is C20H27N7O2. The van der Waals surface area contributed by atoms with Crippen LogP contribution in [0.4, 0.5) is 17.6 Å². The number of anilines is 3. The Hall–Kier alpha value is -2.68. The van der Waals surface area contributed by atoms with Crippen molar-refractivity contribution in [1.82, 2.24) is 19.5 Å². The van der Waals surface area contributed by atoms with Crippen molar-refractivity contribution in [2.75, 3.05) is 54.5 Å². The van der Waals surface area contributed by atoms with E-state index in [4.69, 9.17) is 4.74 Å². The molecule has 9 nitrogen and oxygen atoms in total. The normalized spacial score (nSPS) is 20.7. The molecule has 0 spiro atoms. The summed E-state index contributed by atoms with van der Waals surface area (Å²) in [5.41, 5.74) is 0.0485. The summed E-state index contributed by atoms with van der Waals surface area (Å²) in [6.45, 7) is 4.71. The molecule has 2 aromatic heterocycles. The van der Waals surface area contributed by atoms with Gasteiger partial charge in [-0.05, 0) is 31.7 Å². The van der Waals surface area contributed by atoms with Crippen LogP contribution in [0, 0.1) is 0 Å². The Kier molecular flexibility index (Phi) is 5.05. The molecule has 154 valence electrons. The summed E-state index contributed by atoms with van der Waals surface area (Å²) in [5, 5.41) is 3.55. The highest BCUT2D eigenvalue weighted by molar-refractivity contribution is 5.43. The third-order valence-corrected chi connectivity index (χ3v) is 5.87. The van der Waals surface area contributed by atoms with E-state index in [0.717, 1.165) is 76.8 Å². The number of rotatable bonds is 5. The average molecular weight is 397 g/mol. The van der Waals surface area contributed by atoms with Crippen LogP contribution in [-0.2, 0) is 4.74 Å². The van der Waals surface area contributed by atoms with Gasteiger partial charge in [-0.15, -0.1) is 0 Å². The van der Waals surface area contributed by atoms with Crippen molar-refractivity contribution in [3.8, 4) is 0 Å². The van der Waals surface area contributed by atoms with E-state index in [1.807, 2.05) is 23.0 Å². The molecule has 0 radical (unpaired) electrons. The van der Waals surface area contributed by atoms with Crippen molar-refractivity contribution in [1.29, 1.82) is 0 Å². The van der Waals surface area contributed by atoms with Crippen LogP contribution in [0.2, 0.25) is 0 Å². The van der Waals surface area contributed by atoms with Gasteiger partial charge in [0, 0.05) is 56.9 Å². The summed E-state index contributed by atoms with van der Waals surface area (Å²) in [6, 6.07) is 2.62. The first kappa shape index (κ1) is 18.4. The Balaban J connectivity index is 1.21. The summed E-state index contributed by atoms with van der Waals surface area (Å²) in [6.07, 6.45) is 9.46. The van der Waals surface area contributed by atoms with E-state index in [-0.39, 0.29) is 5.56 Å². The number of piperidine rings is 1. The third kappa shape index (κ3) is 4.05. The number of morpholine rings is 1. The summed E-state index contributed by atoms with van der Waals surface area (Å²) < 4.78 is 7.25. The van der Waals surface area contributed by atoms with E-state index in [0.29, 0.717) is 17.9 Å². The number of hydrogen-bond donors (Lipinski definition) is 1. The minimum Gasteiger partial charge on any atom is -0.378 e. The average Bonchev–Trinajstić information content (AvgIpc) is 3.61. The lowest BCUT2D eigenvalue weighted by molar-refractivity contribution is 0.122. The van der Waals surface area contributed by atoms with Crippen molar-refractivity contribution in [3.05, 3.63) is 35.0 Å². The van der Waals surface area contributed by atoms with Crippen LogP contribution in [-0.4, -0.2) is 65.0 Å². The van der Waals surface area contributed by atoms with Crippen LogP contribution in [0.25, 0.3) is 0 Å². The number of aromatic nitrogens is 4. The smallest absolute Gasteiger partial charge is 0.293 e. The van der Waals surface area contributed by atoms with Crippen LogP contribution in [0.5, 0.6) is 0 Å². The number of nitrogens with one attached hydrogen (secondary N) is 1. The molecule has 1 N–H and O–H groups in total. The Morgan fingerprint density at radius 2 is 1.76 bits per heavy atom. The van der Waals surface area contributed by atoms with Crippen molar-refractivity contribution in [3.63, 3.8) is 0 Å². The van der Waals surface area contributed by atoms with E-state index < -0.39 is 0 Å². The molecule has 2 saturated heterocycles. The molecule has 2 aliphatic heterocycles. The topological polar surface area (TPSA) is 88.4 Å². The van der Waals surface area contributed by atoms with Crippen molar-refractivity contribution >= 4 is 17.6 Å². The van der Waals surface area contributed by atoms with E-state index in [9.17, 15) is 4.79 Å². The maximum absolute atomic E-state index is 12.7. The first-order chi connectivity index (χ1) is 14.3. The fourth-order valence-electron chi connectivity index (χ4n) is 4.06. The van der Waals surface area contributed by atoms with Gasteiger partial charge in [-0.3, -0.25) is 4.79 Å². The van der Waals surface area contributed by atoms with Crippen molar-refractivity contribution < 1.29 is 4.74 Å². The van der Waals surface area contributed by atoms with Crippen LogP contribution in [0.3, 0.4) is 0 Å². The fraction of sp³-hybridized carbons (Fsp3) is 0.600. The second kappa shape index (κ2) is 7.98. The number of nitrogens with zero attached hydrogens (tertiary/aromatic N) is 6. The van der Waals surface area contributed by atoms with E-state index in [1.165, 1.54) is 0 Å².